The van der Waals surface area contributed by atoms with E-state index in [1.807, 2.05) is 13.8 Å². The van der Waals surface area contributed by atoms with E-state index in [4.69, 9.17) is 4.74 Å². The Morgan fingerprint density at radius 1 is 1.43 bits per heavy atom. The third-order valence-corrected chi connectivity index (χ3v) is 2.07. The van der Waals surface area contributed by atoms with Crippen molar-refractivity contribution >= 4 is 10.2 Å². The van der Waals surface area contributed by atoms with E-state index >= 15 is 0 Å². The summed E-state index contributed by atoms with van der Waals surface area (Å²) in [6.45, 7) is 3.64. The minimum absolute atomic E-state index is 0.0374. The molecule has 0 bridgehead atoms. The molecule has 14 heavy (non-hydrogen) atoms. The number of rotatable bonds is 3. The van der Waals surface area contributed by atoms with Crippen LogP contribution in [-0.2, 0) is 10.2 Å². The maximum atomic E-state index is 12.4. The van der Waals surface area contributed by atoms with Gasteiger partial charge < -0.3 is 4.74 Å². The monoisotopic (exact) mass is 219 g/mol. The van der Waals surface area contributed by atoms with Crippen molar-refractivity contribution in [1.82, 2.24) is 4.98 Å². The molecule has 0 N–H and O–H groups in total. The summed E-state index contributed by atoms with van der Waals surface area (Å²) in [4.78, 5) is 3.42. The molecule has 0 amide bonds. The van der Waals surface area contributed by atoms with Crippen LogP contribution in [0, 0.1) is 0 Å². The third-order valence-electron chi connectivity index (χ3n) is 1.33. The third kappa shape index (κ3) is 2.95. The van der Waals surface area contributed by atoms with Gasteiger partial charge in [0, 0.05) is 0 Å². The summed E-state index contributed by atoms with van der Waals surface area (Å²) < 4.78 is 38.4. The van der Waals surface area contributed by atoms with Crippen LogP contribution in [0.3, 0.4) is 0 Å². The molecular formula is C8H10FNO3S. The van der Waals surface area contributed by atoms with E-state index < -0.39 is 15.2 Å². The summed E-state index contributed by atoms with van der Waals surface area (Å²) in [6.07, 6.45) is 1.14. The average molecular weight is 219 g/mol. The number of aromatic nitrogens is 1. The minimum atomic E-state index is -4.71. The highest BCUT2D eigenvalue weighted by Crippen LogP contribution is 2.15. The molecule has 0 saturated carbocycles. The molecule has 0 aromatic carbocycles. The standard InChI is InChI=1S/C8H10FNO3S/c1-6(2)13-7-3-4-8(10-5-7)14(9,11)12/h3-6H,1-2H3. The van der Waals surface area contributed by atoms with E-state index in [-0.39, 0.29) is 6.10 Å². The van der Waals surface area contributed by atoms with E-state index in [0.29, 0.717) is 5.75 Å². The molecule has 4 nitrogen and oxygen atoms in total. The Bertz CT molecular complexity index is 399. The molecule has 0 spiro atoms. The Morgan fingerprint density at radius 3 is 2.43 bits per heavy atom. The Balaban J connectivity index is 2.90. The summed E-state index contributed by atoms with van der Waals surface area (Å²) in [5.41, 5.74) is 0. The topological polar surface area (TPSA) is 56.3 Å². The van der Waals surface area contributed by atoms with Gasteiger partial charge in [0.1, 0.15) is 5.75 Å². The van der Waals surface area contributed by atoms with Gasteiger partial charge in [0.15, 0.2) is 5.03 Å². The highest BCUT2D eigenvalue weighted by molar-refractivity contribution is 7.86. The van der Waals surface area contributed by atoms with Gasteiger partial charge in [-0.25, -0.2) is 4.98 Å². The maximum absolute atomic E-state index is 12.4. The number of hydrogen-bond donors (Lipinski definition) is 0. The van der Waals surface area contributed by atoms with E-state index in [1.165, 1.54) is 12.3 Å². The van der Waals surface area contributed by atoms with Gasteiger partial charge >= 0.3 is 10.2 Å². The van der Waals surface area contributed by atoms with Gasteiger partial charge in [0.25, 0.3) is 0 Å². The Kier molecular flexibility index (Phi) is 3.05. The van der Waals surface area contributed by atoms with Crippen LogP contribution >= 0.6 is 0 Å². The van der Waals surface area contributed by atoms with Crippen LogP contribution in [0.15, 0.2) is 23.4 Å². The SMILES string of the molecule is CC(C)Oc1ccc(S(=O)(=O)F)nc1. The van der Waals surface area contributed by atoms with Crippen LogP contribution in [0.2, 0.25) is 0 Å². The van der Waals surface area contributed by atoms with Crippen molar-refractivity contribution in [1.29, 1.82) is 0 Å². The number of pyridine rings is 1. The van der Waals surface area contributed by atoms with Gasteiger partial charge in [-0.3, -0.25) is 0 Å². The first-order valence-electron chi connectivity index (χ1n) is 3.97. The second-order valence-corrected chi connectivity index (χ2v) is 4.23. The van der Waals surface area contributed by atoms with Gasteiger partial charge in [0.2, 0.25) is 0 Å². The molecule has 0 radical (unpaired) electrons. The molecule has 1 rings (SSSR count). The summed E-state index contributed by atoms with van der Waals surface area (Å²) in [7, 11) is -4.71. The van der Waals surface area contributed by atoms with Crippen LogP contribution in [0.4, 0.5) is 3.89 Å². The lowest BCUT2D eigenvalue weighted by atomic mass is 10.4. The Morgan fingerprint density at radius 2 is 2.07 bits per heavy atom. The van der Waals surface area contributed by atoms with Crippen molar-refractivity contribution in [2.24, 2.45) is 0 Å². The molecule has 1 aromatic rings. The van der Waals surface area contributed by atoms with Gasteiger partial charge in [-0.2, -0.15) is 8.42 Å². The van der Waals surface area contributed by atoms with Crippen molar-refractivity contribution in [2.75, 3.05) is 0 Å². The molecule has 0 unspecified atom stereocenters. The summed E-state index contributed by atoms with van der Waals surface area (Å²) in [5.74, 6) is 0.410. The fraction of sp³-hybridized carbons (Fsp3) is 0.375. The zero-order chi connectivity index (χ0) is 10.8. The Hall–Kier alpha value is -1.17. The Labute approximate surface area is 81.9 Å². The molecular weight excluding hydrogens is 209 g/mol. The predicted octanol–water partition coefficient (Wildman–Crippen LogP) is 1.53. The molecule has 0 fully saturated rings. The van der Waals surface area contributed by atoms with Crippen LogP contribution in [0.1, 0.15) is 13.8 Å². The summed E-state index contributed by atoms with van der Waals surface area (Å²) >= 11 is 0. The van der Waals surface area contributed by atoms with E-state index in [9.17, 15) is 12.3 Å². The number of ether oxygens (including phenoxy) is 1. The lowest BCUT2D eigenvalue weighted by molar-refractivity contribution is 0.241. The molecule has 0 atom stereocenters. The van der Waals surface area contributed by atoms with Crippen LogP contribution in [0.5, 0.6) is 5.75 Å². The van der Waals surface area contributed by atoms with Crippen molar-refractivity contribution < 1.29 is 17.0 Å². The van der Waals surface area contributed by atoms with Crippen LogP contribution in [-0.4, -0.2) is 19.5 Å². The fourth-order valence-corrected chi connectivity index (χ4v) is 1.26. The molecule has 0 saturated heterocycles. The van der Waals surface area contributed by atoms with Crippen molar-refractivity contribution in [3.63, 3.8) is 0 Å². The average Bonchev–Trinajstić information content (AvgIpc) is 2.02. The van der Waals surface area contributed by atoms with Crippen LogP contribution < -0.4 is 4.74 Å². The molecule has 1 heterocycles. The molecule has 78 valence electrons. The summed E-state index contributed by atoms with van der Waals surface area (Å²) in [6, 6.07) is 2.42. The molecule has 0 aliphatic carbocycles. The lowest BCUT2D eigenvalue weighted by Gasteiger charge is -2.08. The zero-order valence-electron chi connectivity index (χ0n) is 7.77. The highest BCUT2D eigenvalue weighted by atomic mass is 32.3. The zero-order valence-corrected chi connectivity index (χ0v) is 8.58. The van der Waals surface area contributed by atoms with Gasteiger partial charge in [0.05, 0.1) is 12.3 Å². The molecule has 6 heteroatoms. The smallest absolute Gasteiger partial charge is 0.349 e. The van der Waals surface area contributed by atoms with Gasteiger partial charge in [-0.1, -0.05) is 3.89 Å². The quantitative estimate of drug-likeness (QED) is 0.723. The first-order valence-corrected chi connectivity index (χ1v) is 5.35. The number of nitrogens with zero attached hydrogens (tertiary/aromatic N) is 1. The van der Waals surface area contributed by atoms with Gasteiger partial charge in [-0.05, 0) is 26.0 Å². The molecule has 1 aromatic heterocycles. The molecule has 0 aliphatic heterocycles. The van der Waals surface area contributed by atoms with Crippen LogP contribution in [0.25, 0.3) is 0 Å². The van der Waals surface area contributed by atoms with E-state index in [0.717, 1.165) is 6.07 Å². The number of halogens is 1. The normalized spacial score (nSPS) is 11.7. The second kappa shape index (κ2) is 3.91. The largest absolute Gasteiger partial charge is 0.489 e. The lowest BCUT2D eigenvalue weighted by Crippen LogP contribution is -2.06. The predicted molar refractivity (Wildman–Crippen MR) is 48.3 cm³/mol. The summed E-state index contributed by atoms with van der Waals surface area (Å²) in [5, 5.41) is -0.603. The van der Waals surface area contributed by atoms with Crippen molar-refractivity contribution in [3.05, 3.63) is 18.3 Å². The second-order valence-electron chi connectivity index (χ2n) is 2.94. The van der Waals surface area contributed by atoms with Gasteiger partial charge in [-0.15, -0.1) is 0 Å². The first-order chi connectivity index (χ1) is 6.39. The molecule has 0 aliphatic rings. The van der Waals surface area contributed by atoms with E-state index in [2.05, 4.69) is 4.98 Å². The fourth-order valence-electron chi connectivity index (χ4n) is 0.853. The maximum Gasteiger partial charge on any atom is 0.349 e. The highest BCUT2D eigenvalue weighted by Gasteiger charge is 2.13. The van der Waals surface area contributed by atoms with Crippen molar-refractivity contribution in [2.45, 2.75) is 25.0 Å². The minimum Gasteiger partial charge on any atom is -0.489 e. The first kappa shape index (κ1) is 10.9. The number of hydrogen-bond acceptors (Lipinski definition) is 4. The van der Waals surface area contributed by atoms with E-state index in [1.54, 1.807) is 0 Å². The van der Waals surface area contributed by atoms with Crippen molar-refractivity contribution in [3.8, 4) is 5.75 Å².